The Kier molecular flexibility index (Phi) is 1.97. The molecule has 2 nitrogen and oxygen atoms in total. The van der Waals surface area contributed by atoms with E-state index in [9.17, 15) is 0 Å². The van der Waals surface area contributed by atoms with Crippen LogP contribution in [0.3, 0.4) is 0 Å². The number of hydrogen-bond donors (Lipinski definition) is 2. The maximum atomic E-state index is 5.08. The molecule has 4 heteroatoms. The zero-order chi connectivity index (χ0) is 10.3. The predicted octanol–water partition coefficient (Wildman–Crippen LogP) is 3.95. The van der Waals surface area contributed by atoms with Gasteiger partial charge in [0.15, 0.2) is 3.95 Å². The molecular weight excluding hydrogens is 224 g/mol. The molecule has 0 radical (unpaired) electrons. The number of fused-ring (bicyclic) bond motifs is 1. The van der Waals surface area contributed by atoms with E-state index in [0.29, 0.717) is 0 Å². The van der Waals surface area contributed by atoms with Gasteiger partial charge < -0.3 is 9.97 Å². The van der Waals surface area contributed by atoms with Gasteiger partial charge in [-0.2, -0.15) is 0 Å². The second kappa shape index (κ2) is 3.32. The molecule has 3 aromatic rings. The summed E-state index contributed by atoms with van der Waals surface area (Å²) >= 11 is 6.64. The van der Waals surface area contributed by atoms with Gasteiger partial charge in [-0.05, 0) is 18.3 Å². The van der Waals surface area contributed by atoms with Crippen molar-refractivity contribution in [1.29, 1.82) is 0 Å². The number of aromatic amines is 2. The zero-order valence-electron chi connectivity index (χ0n) is 7.78. The number of H-pyrrole nitrogens is 2. The first-order valence-corrected chi connectivity index (χ1v) is 5.88. The molecule has 0 unspecified atom stereocenters. The van der Waals surface area contributed by atoms with Crippen LogP contribution in [0.4, 0.5) is 0 Å². The number of para-hydroxylation sites is 1. The average Bonchev–Trinajstić information content (AvgIpc) is 2.83. The topological polar surface area (TPSA) is 31.6 Å². The van der Waals surface area contributed by atoms with Gasteiger partial charge in [-0.15, -0.1) is 11.3 Å². The van der Waals surface area contributed by atoms with Gasteiger partial charge in [0.2, 0.25) is 0 Å². The highest BCUT2D eigenvalue weighted by Gasteiger charge is 2.05. The molecule has 0 aliphatic heterocycles. The highest BCUT2D eigenvalue weighted by Crippen LogP contribution is 2.28. The predicted molar refractivity (Wildman–Crippen MR) is 66.8 cm³/mol. The van der Waals surface area contributed by atoms with Gasteiger partial charge in [-0.1, -0.05) is 18.2 Å². The molecule has 15 heavy (non-hydrogen) atoms. The van der Waals surface area contributed by atoms with E-state index in [-0.39, 0.29) is 0 Å². The second-order valence-corrected chi connectivity index (χ2v) is 4.86. The van der Waals surface area contributed by atoms with Gasteiger partial charge >= 0.3 is 0 Å². The lowest BCUT2D eigenvalue weighted by Gasteiger charge is -1.93. The Balaban J connectivity index is 2.32. The summed E-state index contributed by atoms with van der Waals surface area (Å²) in [6.07, 6.45) is 2.01. The molecule has 2 aromatic heterocycles. The summed E-state index contributed by atoms with van der Waals surface area (Å²) in [6.45, 7) is 0. The largest absolute Gasteiger partial charge is 0.360 e. The van der Waals surface area contributed by atoms with E-state index in [4.69, 9.17) is 12.2 Å². The van der Waals surface area contributed by atoms with E-state index in [1.54, 1.807) is 11.3 Å². The molecule has 0 fully saturated rings. The van der Waals surface area contributed by atoms with Crippen LogP contribution in [0.2, 0.25) is 0 Å². The highest BCUT2D eigenvalue weighted by atomic mass is 32.1. The fourth-order valence-electron chi connectivity index (χ4n) is 1.71. The average molecular weight is 232 g/mol. The Morgan fingerprint density at radius 2 is 2.07 bits per heavy atom. The number of benzene rings is 1. The Labute approximate surface area is 95.6 Å². The Morgan fingerprint density at radius 1 is 1.20 bits per heavy atom. The molecule has 0 saturated heterocycles. The van der Waals surface area contributed by atoms with Crippen molar-refractivity contribution in [3.8, 4) is 11.3 Å². The van der Waals surface area contributed by atoms with Crippen LogP contribution in [0.1, 0.15) is 0 Å². The number of thiazole rings is 1. The highest BCUT2D eigenvalue weighted by molar-refractivity contribution is 7.73. The molecule has 2 N–H and O–H groups in total. The maximum absolute atomic E-state index is 5.08. The second-order valence-electron chi connectivity index (χ2n) is 3.31. The lowest BCUT2D eigenvalue weighted by atomic mass is 10.1. The van der Waals surface area contributed by atoms with E-state index >= 15 is 0 Å². The molecule has 1 aromatic carbocycles. The fourth-order valence-corrected chi connectivity index (χ4v) is 2.54. The standard InChI is InChI=1S/C11H8N2S2/c14-11-13-10(6-15-11)8-5-12-9-4-2-1-3-7(8)9/h1-6,12H,(H,13,14). The van der Waals surface area contributed by atoms with Crippen LogP contribution in [0, 0.1) is 3.95 Å². The molecule has 0 spiro atoms. The van der Waals surface area contributed by atoms with E-state index in [1.165, 1.54) is 10.9 Å². The van der Waals surface area contributed by atoms with Crippen LogP contribution in [0.15, 0.2) is 35.8 Å². The van der Waals surface area contributed by atoms with Crippen molar-refractivity contribution in [2.24, 2.45) is 0 Å². The van der Waals surface area contributed by atoms with Crippen LogP contribution < -0.4 is 0 Å². The van der Waals surface area contributed by atoms with Crippen molar-refractivity contribution in [2.75, 3.05) is 0 Å². The summed E-state index contributed by atoms with van der Waals surface area (Å²) in [5, 5.41) is 3.28. The van der Waals surface area contributed by atoms with Crippen molar-refractivity contribution in [3.05, 3.63) is 39.8 Å². The number of rotatable bonds is 1. The van der Waals surface area contributed by atoms with E-state index < -0.39 is 0 Å². The van der Waals surface area contributed by atoms with E-state index in [2.05, 4.69) is 27.5 Å². The molecule has 74 valence electrons. The SMILES string of the molecule is S=c1[nH]c(-c2c[nH]c3ccccc23)cs1. The van der Waals surface area contributed by atoms with Crippen LogP contribution in [-0.2, 0) is 0 Å². The first kappa shape index (κ1) is 8.88. The summed E-state index contributed by atoms with van der Waals surface area (Å²) in [5.41, 5.74) is 3.42. The van der Waals surface area contributed by atoms with Gasteiger partial charge in [0.05, 0.1) is 5.69 Å². The van der Waals surface area contributed by atoms with Crippen molar-refractivity contribution in [2.45, 2.75) is 0 Å². The number of aromatic nitrogens is 2. The Morgan fingerprint density at radius 3 is 2.87 bits per heavy atom. The van der Waals surface area contributed by atoms with Gasteiger partial charge in [-0.3, -0.25) is 0 Å². The number of hydrogen-bond acceptors (Lipinski definition) is 2. The molecule has 0 aliphatic carbocycles. The lowest BCUT2D eigenvalue weighted by molar-refractivity contribution is 1.39. The van der Waals surface area contributed by atoms with E-state index in [1.807, 2.05) is 18.3 Å². The summed E-state index contributed by atoms with van der Waals surface area (Å²) in [5.74, 6) is 0. The van der Waals surface area contributed by atoms with Crippen molar-refractivity contribution in [1.82, 2.24) is 9.97 Å². The van der Waals surface area contributed by atoms with Gasteiger partial charge in [0.25, 0.3) is 0 Å². The molecule has 0 amide bonds. The summed E-state index contributed by atoms with van der Waals surface area (Å²) < 4.78 is 0.815. The third kappa shape index (κ3) is 1.42. The summed E-state index contributed by atoms with van der Waals surface area (Å²) in [6, 6.07) is 8.24. The minimum Gasteiger partial charge on any atom is -0.360 e. The zero-order valence-corrected chi connectivity index (χ0v) is 9.41. The Hall–Kier alpha value is -1.39. The van der Waals surface area contributed by atoms with Gasteiger partial charge in [0, 0.05) is 28.0 Å². The molecule has 3 rings (SSSR count). The maximum Gasteiger partial charge on any atom is 0.158 e. The third-order valence-corrected chi connectivity index (χ3v) is 3.46. The molecule has 0 saturated carbocycles. The minimum atomic E-state index is 0.815. The molecule has 0 aliphatic rings. The third-order valence-electron chi connectivity index (χ3n) is 2.40. The van der Waals surface area contributed by atoms with Crippen LogP contribution in [0.25, 0.3) is 22.2 Å². The Bertz CT molecular complexity index is 660. The molecule has 0 bridgehead atoms. The minimum absolute atomic E-state index is 0.815. The first-order valence-electron chi connectivity index (χ1n) is 4.59. The van der Waals surface area contributed by atoms with Gasteiger partial charge in [0.1, 0.15) is 0 Å². The quantitative estimate of drug-likeness (QED) is 0.611. The van der Waals surface area contributed by atoms with Crippen molar-refractivity contribution >= 4 is 34.5 Å². The molecule has 2 heterocycles. The summed E-state index contributed by atoms with van der Waals surface area (Å²) in [4.78, 5) is 6.43. The molecule has 0 atom stereocenters. The monoisotopic (exact) mass is 232 g/mol. The molecular formula is C11H8N2S2. The van der Waals surface area contributed by atoms with Crippen LogP contribution >= 0.6 is 23.6 Å². The lowest BCUT2D eigenvalue weighted by Crippen LogP contribution is -1.73. The first-order chi connectivity index (χ1) is 7.34. The number of nitrogens with one attached hydrogen (secondary N) is 2. The van der Waals surface area contributed by atoms with Crippen LogP contribution in [-0.4, -0.2) is 9.97 Å². The van der Waals surface area contributed by atoms with E-state index in [0.717, 1.165) is 15.2 Å². The van der Waals surface area contributed by atoms with Crippen LogP contribution in [0.5, 0.6) is 0 Å². The smallest absolute Gasteiger partial charge is 0.158 e. The van der Waals surface area contributed by atoms with Crippen molar-refractivity contribution < 1.29 is 0 Å². The van der Waals surface area contributed by atoms with Crippen molar-refractivity contribution in [3.63, 3.8) is 0 Å². The van der Waals surface area contributed by atoms with Gasteiger partial charge in [-0.25, -0.2) is 0 Å². The summed E-state index contributed by atoms with van der Waals surface area (Å²) in [7, 11) is 0. The fraction of sp³-hybridized carbons (Fsp3) is 0. The normalized spacial score (nSPS) is 10.9.